The van der Waals surface area contributed by atoms with Gasteiger partial charge in [-0.3, -0.25) is 0 Å². The molecular weight excluding hydrogens is 639 g/mol. The maximum atomic E-state index is 2.58. The van der Waals surface area contributed by atoms with E-state index in [1.807, 2.05) is 27.7 Å². The monoisotopic (exact) mass is 691 g/mol. The van der Waals surface area contributed by atoms with Crippen LogP contribution in [0.3, 0.4) is 0 Å². The minimum atomic E-state index is -0.102. The van der Waals surface area contributed by atoms with E-state index in [0.717, 1.165) is 12.8 Å². The molecule has 0 saturated heterocycles. The van der Waals surface area contributed by atoms with Crippen LogP contribution in [-0.2, 0) is 11.8 Å². The zero-order valence-corrected chi connectivity index (χ0v) is 32.5. The molecule has 0 saturated carbocycles. The highest BCUT2D eigenvalue weighted by Crippen LogP contribution is 2.52. The topological polar surface area (TPSA) is 3.24 Å². The molecule has 53 heavy (non-hydrogen) atoms. The van der Waals surface area contributed by atoms with Crippen molar-refractivity contribution < 1.29 is 0 Å². The molecule has 0 amide bonds. The van der Waals surface area contributed by atoms with Crippen LogP contribution in [0.25, 0.3) is 39.1 Å². The van der Waals surface area contributed by atoms with Crippen molar-refractivity contribution in [1.82, 2.24) is 0 Å². The van der Waals surface area contributed by atoms with Gasteiger partial charge < -0.3 is 4.90 Å². The number of hydrogen-bond donors (Lipinski definition) is 0. The summed E-state index contributed by atoms with van der Waals surface area (Å²) in [4.78, 5) is 2.58. The van der Waals surface area contributed by atoms with Crippen LogP contribution in [-0.4, -0.2) is 0 Å². The first-order chi connectivity index (χ1) is 26.0. The quantitative estimate of drug-likeness (QED) is 0.174. The average Bonchev–Trinajstić information content (AvgIpc) is 3.45. The van der Waals surface area contributed by atoms with Gasteiger partial charge in [0.05, 0.1) is 11.4 Å². The average molecular weight is 692 g/mol. The Kier molecular flexibility index (Phi) is 10.4. The Balaban J connectivity index is 0.00000105. The van der Waals surface area contributed by atoms with Crippen LogP contribution < -0.4 is 4.90 Å². The third-order valence-electron chi connectivity index (χ3n) is 11.1. The van der Waals surface area contributed by atoms with Crippen LogP contribution in [0.2, 0.25) is 0 Å². The second-order valence-electron chi connectivity index (χ2n) is 14.6. The molecule has 0 fully saturated rings. The maximum Gasteiger partial charge on any atom is 0.0543 e. The zero-order valence-electron chi connectivity index (χ0n) is 32.5. The highest BCUT2D eigenvalue weighted by atomic mass is 15.1. The van der Waals surface area contributed by atoms with Crippen molar-refractivity contribution in [2.45, 2.75) is 72.6 Å². The normalized spacial score (nSPS) is 17.1. The van der Waals surface area contributed by atoms with Crippen molar-refractivity contribution in [2.24, 2.45) is 5.92 Å². The summed E-state index contributed by atoms with van der Waals surface area (Å²) in [5.74, 6) is 0.846. The second-order valence-corrected chi connectivity index (χ2v) is 14.6. The van der Waals surface area contributed by atoms with Crippen LogP contribution in [0.1, 0.15) is 88.6 Å². The molecule has 3 aliphatic carbocycles. The summed E-state index contributed by atoms with van der Waals surface area (Å²) in [6.45, 7) is 15.1. The van der Waals surface area contributed by atoms with Crippen molar-refractivity contribution in [3.05, 3.63) is 180 Å². The molecule has 0 aliphatic heterocycles. The van der Waals surface area contributed by atoms with E-state index in [2.05, 4.69) is 183 Å². The van der Waals surface area contributed by atoms with E-state index in [4.69, 9.17) is 0 Å². The number of anilines is 3. The third-order valence-corrected chi connectivity index (χ3v) is 11.1. The Hall–Kier alpha value is -5.40. The van der Waals surface area contributed by atoms with E-state index in [-0.39, 0.29) is 5.41 Å². The largest absolute Gasteiger partial charge is 0.309 e. The lowest BCUT2D eigenvalue weighted by molar-refractivity contribution is 0.660. The number of hydrogen-bond acceptors (Lipinski definition) is 1. The highest BCUT2D eigenvalue weighted by molar-refractivity contribution is 6.05. The van der Waals surface area contributed by atoms with Crippen molar-refractivity contribution in [2.75, 3.05) is 4.90 Å². The lowest BCUT2D eigenvalue weighted by atomic mass is 9.82. The lowest BCUT2D eigenvalue weighted by Crippen LogP contribution is -2.17. The number of nitrogens with zero attached hydrogens (tertiary/aromatic N) is 1. The van der Waals surface area contributed by atoms with Gasteiger partial charge in [0.25, 0.3) is 0 Å². The van der Waals surface area contributed by atoms with Gasteiger partial charge in [0.15, 0.2) is 0 Å². The van der Waals surface area contributed by atoms with Crippen LogP contribution >= 0.6 is 0 Å². The highest BCUT2D eigenvalue weighted by Gasteiger charge is 2.36. The predicted octanol–water partition coefficient (Wildman–Crippen LogP) is 15.1. The lowest BCUT2D eigenvalue weighted by Gasteiger charge is -2.33. The van der Waals surface area contributed by atoms with Crippen LogP contribution in [0.15, 0.2) is 152 Å². The van der Waals surface area contributed by atoms with Crippen LogP contribution in [0.4, 0.5) is 17.1 Å². The zero-order chi connectivity index (χ0) is 37.1. The van der Waals surface area contributed by atoms with E-state index in [0.29, 0.717) is 11.8 Å². The van der Waals surface area contributed by atoms with Crippen molar-refractivity contribution in [3.8, 4) is 22.3 Å². The van der Waals surface area contributed by atoms with E-state index >= 15 is 0 Å². The molecule has 0 aromatic heterocycles. The SMILES string of the molecule is CC.CC.CC1C=Cc2c(cc(N(c3ccc4c(c3)C(C)(C)c3ccccc3-4)c3cc(C4C=CC=CC4)ccc3-c3ccccc3)c3ccccc23)C1. The number of fused-ring (bicyclic) bond motifs is 6. The summed E-state index contributed by atoms with van der Waals surface area (Å²) < 4.78 is 0. The Labute approximate surface area is 318 Å². The van der Waals surface area contributed by atoms with Gasteiger partial charge in [-0.05, 0) is 92.9 Å². The fraction of sp³-hybridized carbons (Fsp3) is 0.231. The summed E-state index contributed by atoms with van der Waals surface area (Å²) in [7, 11) is 0. The number of rotatable bonds is 5. The van der Waals surface area contributed by atoms with E-state index in [1.54, 1.807) is 0 Å². The summed E-state index contributed by atoms with van der Waals surface area (Å²) in [6, 6.07) is 45.8. The van der Waals surface area contributed by atoms with Gasteiger partial charge in [-0.2, -0.15) is 0 Å². The van der Waals surface area contributed by atoms with Gasteiger partial charge in [-0.25, -0.2) is 0 Å². The smallest absolute Gasteiger partial charge is 0.0543 e. The molecule has 1 heteroatoms. The first-order valence-corrected chi connectivity index (χ1v) is 19.8. The maximum absolute atomic E-state index is 2.58. The molecule has 6 aromatic carbocycles. The van der Waals surface area contributed by atoms with Crippen molar-refractivity contribution >= 4 is 33.9 Å². The molecule has 2 unspecified atom stereocenters. The molecule has 0 spiro atoms. The molecular formula is C52H53N. The third kappa shape index (κ3) is 6.48. The fourth-order valence-electron chi connectivity index (χ4n) is 8.55. The van der Waals surface area contributed by atoms with Gasteiger partial charge in [0.2, 0.25) is 0 Å². The van der Waals surface area contributed by atoms with Gasteiger partial charge in [-0.15, -0.1) is 0 Å². The van der Waals surface area contributed by atoms with Crippen molar-refractivity contribution in [1.29, 1.82) is 0 Å². The molecule has 2 atom stereocenters. The number of benzene rings is 6. The Morgan fingerprint density at radius 1 is 0.604 bits per heavy atom. The van der Waals surface area contributed by atoms with E-state index < -0.39 is 0 Å². The standard InChI is InChI=1S/C48H41N.2C2H6/c1-32-22-25-38-36(28-32)30-47(43-20-11-10-18-40(38)43)49(37-24-27-42-41-19-12-13-21-44(41)48(2,3)45(42)31-37)46-29-35(33-14-6-4-7-15-33)23-26-39(46)34-16-8-5-9-17-34;2*1-2/h4-14,16-27,29-33H,15,28H2,1-3H3;2*1-2H3. The summed E-state index contributed by atoms with van der Waals surface area (Å²) in [6.07, 6.45) is 15.8. The molecule has 0 radical (unpaired) electrons. The summed E-state index contributed by atoms with van der Waals surface area (Å²) in [5, 5.41) is 2.59. The molecule has 0 heterocycles. The summed E-state index contributed by atoms with van der Waals surface area (Å²) in [5.41, 5.74) is 15.6. The second kappa shape index (κ2) is 15.3. The molecule has 266 valence electrons. The Morgan fingerprint density at radius 2 is 1.30 bits per heavy atom. The molecule has 9 rings (SSSR count). The Morgan fingerprint density at radius 3 is 2.08 bits per heavy atom. The van der Waals surface area contributed by atoms with Crippen LogP contribution in [0, 0.1) is 5.92 Å². The van der Waals surface area contributed by atoms with Crippen molar-refractivity contribution in [3.63, 3.8) is 0 Å². The Bertz CT molecular complexity index is 2330. The first-order valence-electron chi connectivity index (χ1n) is 19.8. The predicted molar refractivity (Wildman–Crippen MR) is 232 cm³/mol. The molecule has 0 N–H and O–H groups in total. The van der Waals surface area contributed by atoms with E-state index in [1.165, 1.54) is 77.9 Å². The van der Waals surface area contributed by atoms with E-state index in [9.17, 15) is 0 Å². The van der Waals surface area contributed by atoms with Gasteiger partial charge in [-0.1, -0.05) is 182 Å². The molecule has 0 bridgehead atoms. The molecule has 3 aliphatic rings. The fourth-order valence-corrected chi connectivity index (χ4v) is 8.55. The van der Waals surface area contributed by atoms with Gasteiger partial charge in [0.1, 0.15) is 0 Å². The molecule has 6 aromatic rings. The number of allylic oxidation sites excluding steroid dienone is 5. The minimum Gasteiger partial charge on any atom is -0.309 e. The molecule has 1 nitrogen and oxygen atoms in total. The minimum absolute atomic E-state index is 0.102. The summed E-state index contributed by atoms with van der Waals surface area (Å²) >= 11 is 0. The first kappa shape index (κ1) is 36.0. The van der Waals surface area contributed by atoms with Gasteiger partial charge >= 0.3 is 0 Å². The van der Waals surface area contributed by atoms with Gasteiger partial charge in [0, 0.05) is 28.0 Å². The van der Waals surface area contributed by atoms with Crippen LogP contribution in [0.5, 0.6) is 0 Å².